The Morgan fingerprint density at radius 1 is 1.06 bits per heavy atom. The van der Waals surface area contributed by atoms with Gasteiger partial charge >= 0.3 is 0 Å². The van der Waals surface area contributed by atoms with Gasteiger partial charge in [-0.2, -0.15) is 0 Å². The summed E-state index contributed by atoms with van der Waals surface area (Å²) in [6.45, 7) is 4.56. The first-order valence-corrected chi connectivity index (χ1v) is 5.01. The zero-order valence-corrected chi connectivity index (χ0v) is 8.78. The maximum Gasteiger partial charge on any atom is 0.269 e. The van der Waals surface area contributed by atoms with Crippen LogP contribution in [0.1, 0.15) is 0 Å². The molecule has 0 saturated carbocycles. The van der Waals surface area contributed by atoms with Crippen molar-refractivity contribution >= 4 is 5.69 Å². The Labute approximate surface area is 92.8 Å². The Kier molecular flexibility index (Phi) is 5.38. The first-order valence-electron chi connectivity index (χ1n) is 5.01. The topological polar surface area (TPSA) is 67.2 Å². The summed E-state index contributed by atoms with van der Waals surface area (Å²) < 4.78 is 12.1. The van der Waals surface area contributed by atoms with Crippen molar-refractivity contribution in [3.63, 3.8) is 0 Å². The molecule has 1 heterocycles. The quantitative estimate of drug-likeness (QED) is 0.553. The van der Waals surface area contributed by atoms with Gasteiger partial charge in [0.05, 0.1) is 4.92 Å². The predicted molar refractivity (Wildman–Crippen MR) is 58.8 cm³/mol. The summed E-state index contributed by atoms with van der Waals surface area (Å²) in [7, 11) is 0. The number of nitrogens with zero attached hydrogens (tertiary/aromatic N) is 1. The summed E-state index contributed by atoms with van der Waals surface area (Å²) in [6.07, 6.45) is 0. The molecule has 0 aromatic heterocycles. The second-order valence-corrected chi connectivity index (χ2v) is 3.23. The monoisotopic (exact) mass is 227 g/mol. The molecule has 16 heavy (non-hydrogen) atoms. The third-order valence-corrected chi connectivity index (χ3v) is 1.99. The maximum absolute atomic E-state index is 12.1. The van der Waals surface area contributed by atoms with Crippen LogP contribution in [0, 0.1) is 15.9 Å². The minimum absolute atomic E-state index is 0.0959. The predicted octanol–water partition coefficient (Wildman–Crippen LogP) is 0.913. The highest BCUT2D eigenvalue weighted by Gasteiger charge is 2.02. The lowest BCUT2D eigenvalue weighted by molar-refractivity contribution is -0.384. The molecule has 1 aromatic rings. The summed E-state index contributed by atoms with van der Waals surface area (Å²) in [5.74, 6) is -0.467. The molecule has 0 unspecified atom stereocenters. The second-order valence-electron chi connectivity index (χ2n) is 3.23. The van der Waals surface area contributed by atoms with E-state index < -0.39 is 10.7 Å². The number of nitro benzene ring substituents is 1. The van der Waals surface area contributed by atoms with Gasteiger partial charge in [-0.05, 0) is 12.1 Å². The van der Waals surface area contributed by atoms with E-state index in [0.717, 1.165) is 50.4 Å². The van der Waals surface area contributed by atoms with E-state index in [4.69, 9.17) is 0 Å². The lowest BCUT2D eigenvalue weighted by atomic mass is 10.3. The van der Waals surface area contributed by atoms with Crippen LogP contribution in [0.25, 0.3) is 0 Å². The fraction of sp³-hybridized carbons (Fsp3) is 0.400. The van der Waals surface area contributed by atoms with Crippen LogP contribution in [0.5, 0.6) is 0 Å². The van der Waals surface area contributed by atoms with Crippen LogP contribution in [-0.2, 0) is 0 Å². The number of hydrogen-bond acceptors (Lipinski definition) is 4. The minimum Gasteiger partial charge on any atom is -0.314 e. The van der Waals surface area contributed by atoms with Crippen molar-refractivity contribution < 1.29 is 9.31 Å². The lowest BCUT2D eigenvalue weighted by Crippen LogP contribution is -2.39. The van der Waals surface area contributed by atoms with Crippen molar-refractivity contribution in [2.75, 3.05) is 26.2 Å². The SMILES string of the molecule is C1CNCCN1.O=[N+]([O-])c1ccc(F)cc1. The molecule has 6 heteroatoms. The Morgan fingerprint density at radius 3 is 1.81 bits per heavy atom. The fourth-order valence-corrected chi connectivity index (χ4v) is 1.17. The number of nitro groups is 1. The molecule has 0 atom stereocenters. The van der Waals surface area contributed by atoms with E-state index in [-0.39, 0.29) is 5.69 Å². The minimum atomic E-state index is -0.570. The van der Waals surface area contributed by atoms with Crippen molar-refractivity contribution in [2.45, 2.75) is 0 Å². The van der Waals surface area contributed by atoms with Gasteiger partial charge in [0.15, 0.2) is 0 Å². The molecule has 2 rings (SSSR count). The largest absolute Gasteiger partial charge is 0.314 e. The number of benzene rings is 1. The Bertz CT molecular complexity index is 314. The van der Waals surface area contributed by atoms with Gasteiger partial charge in [0.25, 0.3) is 5.69 Å². The summed E-state index contributed by atoms with van der Waals surface area (Å²) in [5.41, 5.74) is -0.0959. The molecule has 5 nitrogen and oxygen atoms in total. The summed E-state index contributed by atoms with van der Waals surface area (Å²) in [4.78, 5) is 9.43. The molecule has 0 aliphatic carbocycles. The van der Waals surface area contributed by atoms with E-state index in [1.807, 2.05) is 0 Å². The van der Waals surface area contributed by atoms with Crippen molar-refractivity contribution in [1.29, 1.82) is 0 Å². The van der Waals surface area contributed by atoms with Gasteiger partial charge in [0.1, 0.15) is 5.82 Å². The van der Waals surface area contributed by atoms with Gasteiger partial charge in [-0.1, -0.05) is 0 Å². The van der Waals surface area contributed by atoms with E-state index >= 15 is 0 Å². The fourth-order valence-electron chi connectivity index (χ4n) is 1.17. The summed E-state index contributed by atoms with van der Waals surface area (Å²) >= 11 is 0. The Morgan fingerprint density at radius 2 is 1.50 bits per heavy atom. The average Bonchev–Trinajstić information content (AvgIpc) is 2.32. The summed E-state index contributed by atoms with van der Waals surface area (Å²) in [6, 6.07) is 4.35. The molecular formula is C10H14FN3O2. The third-order valence-electron chi connectivity index (χ3n) is 1.99. The number of hydrogen-bond donors (Lipinski definition) is 2. The first-order chi connectivity index (χ1) is 7.70. The van der Waals surface area contributed by atoms with Gasteiger partial charge in [0, 0.05) is 38.3 Å². The van der Waals surface area contributed by atoms with Crippen LogP contribution >= 0.6 is 0 Å². The van der Waals surface area contributed by atoms with Crippen LogP contribution in [0.2, 0.25) is 0 Å². The molecule has 0 amide bonds. The normalized spacial score (nSPS) is 14.8. The second kappa shape index (κ2) is 6.86. The Balaban J connectivity index is 0.000000181. The van der Waals surface area contributed by atoms with Crippen LogP contribution in [-0.4, -0.2) is 31.1 Å². The molecule has 0 spiro atoms. The highest BCUT2D eigenvalue weighted by atomic mass is 19.1. The van der Waals surface area contributed by atoms with Gasteiger partial charge in [0.2, 0.25) is 0 Å². The van der Waals surface area contributed by atoms with E-state index in [1.54, 1.807) is 0 Å². The number of piperazine rings is 1. The molecule has 88 valence electrons. The van der Waals surface area contributed by atoms with Crippen molar-refractivity contribution in [3.05, 3.63) is 40.2 Å². The maximum atomic E-state index is 12.1. The summed E-state index contributed by atoms with van der Waals surface area (Å²) in [5, 5.41) is 16.4. The first kappa shape index (κ1) is 12.5. The van der Waals surface area contributed by atoms with Crippen LogP contribution in [0.4, 0.5) is 10.1 Å². The smallest absolute Gasteiger partial charge is 0.269 e. The van der Waals surface area contributed by atoms with E-state index in [0.29, 0.717) is 0 Å². The van der Waals surface area contributed by atoms with Crippen molar-refractivity contribution in [3.8, 4) is 0 Å². The van der Waals surface area contributed by atoms with Gasteiger partial charge in [-0.3, -0.25) is 10.1 Å². The van der Waals surface area contributed by atoms with Crippen molar-refractivity contribution in [1.82, 2.24) is 10.6 Å². The van der Waals surface area contributed by atoms with Gasteiger partial charge in [-0.25, -0.2) is 4.39 Å². The van der Waals surface area contributed by atoms with E-state index in [1.165, 1.54) is 0 Å². The van der Waals surface area contributed by atoms with E-state index in [2.05, 4.69) is 10.6 Å². The molecule has 2 N–H and O–H groups in total. The third kappa shape index (κ3) is 4.81. The molecule has 0 bridgehead atoms. The zero-order chi connectivity index (χ0) is 11.8. The zero-order valence-electron chi connectivity index (χ0n) is 8.78. The number of halogens is 1. The van der Waals surface area contributed by atoms with E-state index in [9.17, 15) is 14.5 Å². The Hall–Kier alpha value is -1.53. The molecule has 0 radical (unpaired) electrons. The molecule has 1 fully saturated rings. The molecule has 1 saturated heterocycles. The average molecular weight is 227 g/mol. The lowest BCUT2D eigenvalue weighted by Gasteiger charge is -2.11. The molecule has 1 aliphatic heterocycles. The van der Waals surface area contributed by atoms with Crippen LogP contribution < -0.4 is 10.6 Å². The highest BCUT2D eigenvalue weighted by molar-refractivity contribution is 5.28. The molecular weight excluding hydrogens is 213 g/mol. The number of non-ortho nitro benzene ring substituents is 1. The van der Waals surface area contributed by atoms with Crippen molar-refractivity contribution in [2.24, 2.45) is 0 Å². The van der Waals surface area contributed by atoms with Gasteiger partial charge in [-0.15, -0.1) is 0 Å². The van der Waals surface area contributed by atoms with Gasteiger partial charge < -0.3 is 10.6 Å². The number of rotatable bonds is 1. The highest BCUT2D eigenvalue weighted by Crippen LogP contribution is 2.09. The number of nitrogens with one attached hydrogen (secondary N) is 2. The van der Waals surface area contributed by atoms with Crippen LogP contribution in [0.3, 0.4) is 0 Å². The molecule has 1 aromatic carbocycles. The molecule has 1 aliphatic rings. The van der Waals surface area contributed by atoms with Crippen LogP contribution in [0.15, 0.2) is 24.3 Å². The standard InChI is InChI=1S/C6H4FNO2.C4H10N2/c7-5-1-3-6(4-2-5)8(9)10;1-2-6-4-3-5-1/h1-4H;5-6H,1-4H2.